The van der Waals surface area contributed by atoms with Crippen LogP contribution in [0.1, 0.15) is 38.8 Å². The maximum Gasteiger partial charge on any atom is 0.129 e. The molecular formula is C14H19FN2. The summed E-state index contributed by atoms with van der Waals surface area (Å²) in [6, 6.07) is 6.79. The van der Waals surface area contributed by atoms with E-state index < -0.39 is 0 Å². The molecule has 3 heteroatoms. The van der Waals surface area contributed by atoms with Crippen molar-refractivity contribution in [1.82, 2.24) is 5.32 Å². The second-order valence-electron chi connectivity index (χ2n) is 5.39. The Morgan fingerprint density at radius 1 is 1.41 bits per heavy atom. The number of rotatable bonds is 3. The number of nitrogens with one attached hydrogen (secondary N) is 1. The molecule has 0 amide bonds. The molecule has 17 heavy (non-hydrogen) atoms. The molecule has 92 valence electrons. The van der Waals surface area contributed by atoms with Crippen LogP contribution in [0.15, 0.2) is 18.2 Å². The SMILES string of the molecule is CC(NCc1ccc(C#N)cc1F)C(C)(C)C. The van der Waals surface area contributed by atoms with E-state index in [0.29, 0.717) is 17.7 Å². The van der Waals surface area contributed by atoms with Gasteiger partial charge in [-0.05, 0) is 24.5 Å². The number of halogens is 1. The van der Waals surface area contributed by atoms with Gasteiger partial charge in [-0.15, -0.1) is 0 Å². The van der Waals surface area contributed by atoms with E-state index in [1.165, 1.54) is 6.07 Å². The van der Waals surface area contributed by atoms with Gasteiger partial charge >= 0.3 is 0 Å². The van der Waals surface area contributed by atoms with Crippen molar-refractivity contribution in [2.24, 2.45) is 5.41 Å². The van der Waals surface area contributed by atoms with Gasteiger partial charge in [0.15, 0.2) is 0 Å². The van der Waals surface area contributed by atoms with Crippen LogP contribution in [0.3, 0.4) is 0 Å². The summed E-state index contributed by atoms with van der Waals surface area (Å²) in [6.07, 6.45) is 0. The molecule has 1 aromatic rings. The van der Waals surface area contributed by atoms with Gasteiger partial charge in [-0.2, -0.15) is 5.26 Å². The first kappa shape index (κ1) is 13.7. The Morgan fingerprint density at radius 2 is 2.06 bits per heavy atom. The standard InChI is InChI=1S/C14H19FN2/c1-10(14(2,3)4)17-9-12-6-5-11(8-16)7-13(12)15/h5-7,10,17H,9H2,1-4H3. The lowest BCUT2D eigenvalue weighted by molar-refractivity contribution is 0.284. The van der Waals surface area contributed by atoms with Gasteiger partial charge < -0.3 is 5.32 Å². The van der Waals surface area contributed by atoms with E-state index in [1.807, 2.05) is 6.07 Å². The Balaban J connectivity index is 2.68. The summed E-state index contributed by atoms with van der Waals surface area (Å²) in [5.41, 5.74) is 1.10. The third kappa shape index (κ3) is 3.83. The van der Waals surface area contributed by atoms with Crippen molar-refractivity contribution in [3.05, 3.63) is 35.1 Å². The fourth-order valence-electron chi connectivity index (χ4n) is 1.33. The third-order valence-corrected chi connectivity index (χ3v) is 3.08. The van der Waals surface area contributed by atoms with Crippen LogP contribution >= 0.6 is 0 Å². The molecule has 0 aromatic heterocycles. The van der Waals surface area contributed by atoms with Crippen LogP contribution < -0.4 is 5.32 Å². The lowest BCUT2D eigenvalue weighted by atomic mass is 9.88. The molecule has 0 spiro atoms. The molecule has 1 N–H and O–H groups in total. The number of hydrogen-bond donors (Lipinski definition) is 1. The maximum absolute atomic E-state index is 13.6. The molecule has 1 atom stereocenters. The predicted octanol–water partition coefficient (Wildman–Crippen LogP) is 3.22. The van der Waals surface area contributed by atoms with E-state index in [9.17, 15) is 4.39 Å². The van der Waals surface area contributed by atoms with Crippen molar-refractivity contribution in [2.75, 3.05) is 0 Å². The summed E-state index contributed by atoms with van der Waals surface area (Å²) in [5, 5.41) is 11.9. The molecule has 1 rings (SSSR count). The van der Waals surface area contributed by atoms with Gasteiger partial charge in [-0.1, -0.05) is 26.8 Å². The fraction of sp³-hybridized carbons (Fsp3) is 0.500. The molecule has 0 fully saturated rings. The third-order valence-electron chi connectivity index (χ3n) is 3.08. The number of hydrogen-bond acceptors (Lipinski definition) is 2. The van der Waals surface area contributed by atoms with Crippen molar-refractivity contribution in [1.29, 1.82) is 5.26 Å². The molecule has 0 bridgehead atoms. The highest BCUT2D eigenvalue weighted by Gasteiger charge is 2.19. The Bertz CT molecular complexity index is 427. The Labute approximate surface area is 102 Å². The summed E-state index contributed by atoms with van der Waals surface area (Å²) in [4.78, 5) is 0. The first-order chi connectivity index (χ1) is 7.84. The van der Waals surface area contributed by atoms with Gasteiger partial charge in [0.05, 0.1) is 11.6 Å². The number of nitriles is 1. The minimum atomic E-state index is -0.322. The molecule has 0 aliphatic carbocycles. The highest BCUT2D eigenvalue weighted by Crippen LogP contribution is 2.19. The average molecular weight is 234 g/mol. The Kier molecular flexibility index (Phi) is 4.25. The van der Waals surface area contributed by atoms with E-state index in [4.69, 9.17) is 5.26 Å². The number of benzene rings is 1. The molecule has 0 aliphatic heterocycles. The molecule has 0 saturated heterocycles. The minimum absolute atomic E-state index is 0.142. The minimum Gasteiger partial charge on any atom is -0.310 e. The van der Waals surface area contributed by atoms with Crippen molar-refractivity contribution in [3.63, 3.8) is 0 Å². The molecule has 2 nitrogen and oxygen atoms in total. The summed E-state index contributed by atoms with van der Waals surface area (Å²) in [7, 11) is 0. The predicted molar refractivity (Wildman–Crippen MR) is 66.9 cm³/mol. The maximum atomic E-state index is 13.6. The Morgan fingerprint density at radius 3 is 2.53 bits per heavy atom. The van der Waals surface area contributed by atoms with Crippen LogP contribution in [0, 0.1) is 22.6 Å². The lowest BCUT2D eigenvalue weighted by Gasteiger charge is -2.28. The quantitative estimate of drug-likeness (QED) is 0.871. The van der Waals surface area contributed by atoms with Crippen molar-refractivity contribution >= 4 is 0 Å². The highest BCUT2D eigenvalue weighted by atomic mass is 19.1. The van der Waals surface area contributed by atoms with E-state index >= 15 is 0 Å². The summed E-state index contributed by atoms with van der Waals surface area (Å²) < 4.78 is 13.6. The molecule has 0 aliphatic rings. The van der Waals surface area contributed by atoms with E-state index in [-0.39, 0.29) is 17.3 Å². The zero-order valence-corrected chi connectivity index (χ0v) is 10.8. The van der Waals surface area contributed by atoms with Crippen molar-refractivity contribution in [3.8, 4) is 6.07 Å². The van der Waals surface area contributed by atoms with Gasteiger partial charge in [-0.3, -0.25) is 0 Å². The monoisotopic (exact) mass is 234 g/mol. The Hall–Kier alpha value is -1.40. The molecule has 1 aromatic carbocycles. The van der Waals surface area contributed by atoms with E-state index in [0.717, 1.165) is 0 Å². The summed E-state index contributed by atoms with van der Waals surface area (Å²) >= 11 is 0. The highest BCUT2D eigenvalue weighted by molar-refractivity contribution is 5.32. The largest absolute Gasteiger partial charge is 0.310 e. The second kappa shape index (κ2) is 5.29. The van der Waals surface area contributed by atoms with Crippen LogP contribution in [-0.2, 0) is 6.54 Å². The normalized spacial score (nSPS) is 13.2. The van der Waals surface area contributed by atoms with Crippen LogP contribution in [-0.4, -0.2) is 6.04 Å². The van der Waals surface area contributed by atoms with Gasteiger partial charge in [0, 0.05) is 18.2 Å². The second-order valence-corrected chi connectivity index (χ2v) is 5.39. The van der Waals surface area contributed by atoms with Crippen LogP contribution in [0.2, 0.25) is 0 Å². The molecule has 0 radical (unpaired) electrons. The first-order valence-corrected chi connectivity index (χ1v) is 5.76. The zero-order chi connectivity index (χ0) is 13.1. The van der Waals surface area contributed by atoms with Crippen LogP contribution in [0.25, 0.3) is 0 Å². The van der Waals surface area contributed by atoms with Gasteiger partial charge in [0.1, 0.15) is 5.82 Å². The molecule has 1 unspecified atom stereocenters. The summed E-state index contributed by atoms with van der Waals surface area (Å²) in [6.45, 7) is 8.98. The number of nitrogens with zero attached hydrogens (tertiary/aromatic N) is 1. The topological polar surface area (TPSA) is 35.8 Å². The van der Waals surface area contributed by atoms with E-state index in [1.54, 1.807) is 12.1 Å². The lowest BCUT2D eigenvalue weighted by Crippen LogP contribution is -2.37. The van der Waals surface area contributed by atoms with Crippen molar-refractivity contribution in [2.45, 2.75) is 40.3 Å². The molecular weight excluding hydrogens is 215 g/mol. The zero-order valence-electron chi connectivity index (χ0n) is 10.8. The average Bonchev–Trinajstić information content (AvgIpc) is 2.25. The van der Waals surface area contributed by atoms with Crippen LogP contribution in [0.5, 0.6) is 0 Å². The van der Waals surface area contributed by atoms with Gasteiger partial charge in [0.25, 0.3) is 0 Å². The van der Waals surface area contributed by atoms with Crippen molar-refractivity contribution < 1.29 is 4.39 Å². The summed E-state index contributed by atoms with van der Waals surface area (Å²) in [5.74, 6) is -0.322. The smallest absolute Gasteiger partial charge is 0.129 e. The van der Waals surface area contributed by atoms with E-state index in [2.05, 4.69) is 33.0 Å². The van der Waals surface area contributed by atoms with Gasteiger partial charge in [0.2, 0.25) is 0 Å². The van der Waals surface area contributed by atoms with Crippen LogP contribution in [0.4, 0.5) is 4.39 Å². The molecule has 0 saturated carbocycles. The van der Waals surface area contributed by atoms with Gasteiger partial charge in [-0.25, -0.2) is 4.39 Å². The molecule has 0 heterocycles. The fourth-order valence-corrected chi connectivity index (χ4v) is 1.33. The first-order valence-electron chi connectivity index (χ1n) is 5.76.